The van der Waals surface area contributed by atoms with Crippen LogP contribution in [0.2, 0.25) is 0 Å². The van der Waals surface area contributed by atoms with Gasteiger partial charge in [0, 0.05) is 24.2 Å². The molecule has 1 aromatic carbocycles. The number of likely N-dealkylation sites (tertiary alicyclic amines) is 1. The van der Waals surface area contributed by atoms with Crippen molar-refractivity contribution in [2.24, 2.45) is 0 Å². The number of anilines is 1. The number of nitrogens with two attached hydrogens (primary N) is 1. The predicted molar refractivity (Wildman–Crippen MR) is 75.7 cm³/mol. The Bertz CT molecular complexity index is 618. The maximum absolute atomic E-state index is 12.1. The van der Waals surface area contributed by atoms with Crippen LogP contribution in [-0.2, 0) is 11.2 Å². The maximum Gasteiger partial charge on any atom is 0.228 e. The van der Waals surface area contributed by atoms with Gasteiger partial charge in [0.2, 0.25) is 5.91 Å². The number of amides is 1. The van der Waals surface area contributed by atoms with Crippen LogP contribution < -0.4 is 5.73 Å². The summed E-state index contributed by atoms with van der Waals surface area (Å²) in [6.45, 7) is 1.78. The molecule has 2 N–H and O–H groups in total. The number of nitrogens with zero attached hydrogens (tertiary/aromatic N) is 2. The SMILES string of the molecule is Nc1ccc2nc(CC(=O)N3CCCC3)ccc2c1. The highest BCUT2D eigenvalue weighted by Crippen LogP contribution is 2.17. The summed E-state index contributed by atoms with van der Waals surface area (Å²) in [7, 11) is 0. The van der Waals surface area contributed by atoms with E-state index in [1.807, 2.05) is 35.2 Å². The summed E-state index contributed by atoms with van der Waals surface area (Å²) in [6, 6.07) is 9.52. The highest BCUT2D eigenvalue weighted by atomic mass is 16.2. The molecular weight excluding hydrogens is 238 g/mol. The first kappa shape index (κ1) is 12.0. The van der Waals surface area contributed by atoms with Crippen LogP contribution >= 0.6 is 0 Å². The Kier molecular flexibility index (Phi) is 3.07. The second-order valence-corrected chi connectivity index (χ2v) is 5.02. The van der Waals surface area contributed by atoms with Crippen LogP contribution in [0.4, 0.5) is 5.69 Å². The number of nitrogen functional groups attached to an aromatic ring is 1. The van der Waals surface area contributed by atoms with Gasteiger partial charge in [-0.1, -0.05) is 6.07 Å². The Labute approximate surface area is 112 Å². The van der Waals surface area contributed by atoms with Gasteiger partial charge in [-0.2, -0.15) is 0 Å². The van der Waals surface area contributed by atoms with Crippen LogP contribution in [0.1, 0.15) is 18.5 Å². The molecule has 1 aliphatic rings. The lowest BCUT2D eigenvalue weighted by Gasteiger charge is -2.14. The first-order valence-electron chi connectivity index (χ1n) is 6.65. The lowest BCUT2D eigenvalue weighted by atomic mass is 10.1. The largest absolute Gasteiger partial charge is 0.399 e. The molecule has 0 bridgehead atoms. The van der Waals surface area contributed by atoms with Crippen LogP contribution in [0.15, 0.2) is 30.3 Å². The number of hydrogen-bond donors (Lipinski definition) is 1. The van der Waals surface area contributed by atoms with Crippen LogP contribution in [0.3, 0.4) is 0 Å². The Balaban J connectivity index is 1.81. The normalized spacial score (nSPS) is 15.1. The van der Waals surface area contributed by atoms with Gasteiger partial charge < -0.3 is 10.6 Å². The van der Waals surface area contributed by atoms with Gasteiger partial charge in [-0.3, -0.25) is 9.78 Å². The Morgan fingerprint density at radius 1 is 1.21 bits per heavy atom. The molecular formula is C15H17N3O. The van der Waals surface area contributed by atoms with Gasteiger partial charge in [0.05, 0.1) is 17.6 Å². The van der Waals surface area contributed by atoms with Crippen molar-refractivity contribution < 1.29 is 4.79 Å². The quantitative estimate of drug-likeness (QED) is 0.835. The van der Waals surface area contributed by atoms with E-state index >= 15 is 0 Å². The van der Waals surface area contributed by atoms with E-state index in [4.69, 9.17) is 5.73 Å². The van der Waals surface area contributed by atoms with E-state index in [0.717, 1.165) is 48.2 Å². The first-order valence-corrected chi connectivity index (χ1v) is 6.65. The molecule has 1 amide bonds. The minimum atomic E-state index is 0.180. The van der Waals surface area contributed by atoms with E-state index in [1.165, 1.54) is 0 Å². The van der Waals surface area contributed by atoms with Crippen molar-refractivity contribution in [3.05, 3.63) is 36.0 Å². The van der Waals surface area contributed by atoms with E-state index < -0.39 is 0 Å². The molecule has 0 spiro atoms. The molecule has 1 aromatic heterocycles. The van der Waals surface area contributed by atoms with Crippen molar-refractivity contribution in [3.63, 3.8) is 0 Å². The molecule has 1 aliphatic heterocycles. The zero-order valence-corrected chi connectivity index (χ0v) is 10.8. The van der Waals surface area contributed by atoms with Crippen LogP contribution in [0.5, 0.6) is 0 Å². The molecule has 4 nitrogen and oxygen atoms in total. The van der Waals surface area contributed by atoms with Gasteiger partial charge >= 0.3 is 0 Å². The Hall–Kier alpha value is -2.10. The molecule has 1 fully saturated rings. The molecule has 0 unspecified atom stereocenters. The fourth-order valence-corrected chi connectivity index (χ4v) is 2.52. The highest BCUT2D eigenvalue weighted by Gasteiger charge is 2.18. The van der Waals surface area contributed by atoms with Crippen LogP contribution in [-0.4, -0.2) is 28.9 Å². The number of rotatable bonds is 2. The summed E-state index contributed by atoms with van der Waals surface area (Å²) in [4.78, 5) is 18.5. The number of benzene rings is 1. The molecule has 0 aliphatic carbocycles. The molecule has 98 valence electrons. The van der Waals surface area contributed by atoms with Crippen molar-refractivity contribution in [1.29, 1.82) is 0 Å². The lowest BCUT2D eigenvalue weighted by molar-refractivity contribution is -0.129. The van der Waals surface area contributed by atoms with E-state index in [9.17, 15) is 4.79 Å². The van der Waals surface area contributed by atoms with Crippen molar-refractivity contribution in [2.45, 2.75) is 19.3 Å². The van der Waals surface area contributed by atoms with Gasteiger partial charge in [-0.05, 0) is 37.1 Å². The average molecular weight is 255 g/mol. The molecule has 1 saturated heterocycles. The Morgan fingerprint density at radius 2 is 2.00 bits per heavy atom. The summed E-state index contributed by atoms with van der Waals surface area (Å²) in [5.74, 6) is 0.180. The van der Waals surface area contributed by atoms with Gasteiger partial charge in [-0.25, -0.2) is 0 Å². The smallest absolute Gasteiger partial charge is 0.228 e. The molecule has 4 heteroatoms. The zero-order valence-electron chi connectivity index (χ0n) is 10.8. The lowest BCUT2D eigenvalue weighted by Crippen LogP contribution is -2.29. The fourth-order valence-electron chi connectivity index (χ4n) is 2.52. The van der Waals surface area contributed by atoms with Crippen molar-refractivity contribution in [3.8, 4) is 0 Å². The molecule has 2 heterocycles. The third-order valence-corrected chi connectivity index (χ3v) is 3.56. The van der Waals surface area contributed by atoms with Gasteiger partial charge in [0.1, 0.15) is 0 Å². The summed E-state index contributed by atoms with van der Waals surface area (Å²) in [5.41, 5.74) is 8.19. The minimum absolute atomic E-state index is 0.180. The highest BCUT2D eigenvalue weighted by molar-refractivity contribution is 5.83. The van der Waals surface area contributed by atoms with E-state index in [0.29, 0.717) is 6.42 Å². The Morgan fingerprint density at radius 3 is 2.79 bits per heavy atom. The number of aromatic nitrogens is 1. The standard InChI is InChI=1S/C15H17N3O/c16-12-4-6-14-11(9-12)3-5-13(17-14)10-15(19)18-7-1-2-8-18/h3-6,9H,1-2,7-8,10,16H2. The molecule has 2 aromatic rings. The number of carbonyl (C=O) groups is 1. The number of fused-ring (bicyclic) bond motifs is 1. The zero-order chi connectivity index (χ0) is 13.2. The molecule has 3 rings (SSSR count). The molecule has 0 atom stereocenters. The topological polar surface area (TPSA) is 59.2 Å². The van der Waals surface area contributed by atoms with Crippen LogP contribution in [0, 0.1) is 0 Å². The number of pyridine rings is 1. The molecule has 0 radical (unpaired) electrons. The minimum Gasteiger partial charge on any atom is -0.399 e. The number of hydrogen-bond acceptors (Lipinski definition) is 3. The summed E-state index contributed by atoms with van der Waals surface area (Å²) in [5, 5.41) is 1.01. The average Bonchev–Trinajstić information content (AvgIpc) is 2.93. The van der Waals surface area contributed by atoms with Crippen molar-refractivity contribution in [1.82, 2.24) is 9.88 Å². The van der Waals surface area contributed by atoms with E-state index in [1.54, 1.807) is 0 Å². The second kappa shape index (κ2) is 4.88. The third-order valence-electron chi connectivity index (χ3n) is 3.56. The summed E-state index contributed by atoms with van der Waals surface area (Å²) in [6.07, 6.45) is 2.63. The van der Waals surface area contributed by atoms with Gasteiger partial charge in [-0.15, -0.1) is 0 Å². The van der Waals surface area contributed by atoms with Gasteiger partial charge in [0.25, 0.3) is 0 Å². The second-order valence-electron chi connectivity index (χ2n) is 5.02. The predicted octanol–water partition coefficient (Wildman–Crippen LogP) is 1.98. The van der Waals surface area contributed by atoms with E-state index in [-0.39, 0.29) is 5.91 Å². The third kappa shape index (κ3) is 2.52. The van der Waals surface area contributed by atoms with Crippen LogP contribution in [0.25, 0.3) is 10.9 Å². The summed E-state index contributed by atoms with van der Waals surface area (Å²) < 4.78 is 0. The maximum atomic E-state index is 12.1. The first-order chi connectivity index (χ1) is 9.22. The van der Waals surface area contributed by atoms with Gasteiger partial charge in [0.15, 0.2) is 0 Å². The van der Waals surface area contributed by atoms with Crippen molar-refractivity contribution in [2.75, 3.05) is 18.8 Å². The number of carbonyl (C=O) groups excluding carboxylic acids is 1. The molecule has 0 saturated carbocycles. The van der Waals surface area contributed by atoms with E-state index in [2.05, 4.69) is 4.98 Å². The van der Waals surface area contributed by atoms with Crippen molar-refractivity contribution >= 4 is 22.5 Å². The monoisotopic (exact) mass is 255 g/mol. The molecule has 19 heavy (non-hydrogen) atoms. The fraction of sp³-hybridized carbons (Fsp3) is 0.333. The summed E-state index contributed by atoms with van der Waals surface area (Å²) >= 11 is 0.